The molecule has 2 aromatic rings. The zero-order valence-electron chi connectivity index (χ0n) is 18.7. The van der Waals surface area contributed by atoms with Gasteiger partial charge in [0.15, 0.2) is 5.96 Å². The van der Waals surface area contributed by atoms with Gasteiger partial charge in [-0.1, -0.05) is 31.2 Å². The predicted octanol–water partition coefficient (Wildman–Crippen LogP) is 3.45. The van der Waals surface area contributed by atoms with E-state index in [0.29, 0.717) is 6.04 Å². The minimum atomic E-state index is 0.499. The van der Waals surface area contributed by atoms with E-state index >= 15 is 0 Å². The summed E-state index contributed by atoms with van der Waals surface area (Å²) in [4.78, 5) is 9.28. The predicted molar refractivity (Wildman–Crippen MR) is 123 cm³/mol. The van der Waals surface area contributed by atoms with Crippen molar-refractivity contribution in [1.29, 1.82) is 0 Å². The van der Waals surface area contributed by atoms with Crippen LogP contribution in [0.3, 0.4) is 0 Å². The van der Waals surface area contributed by atoms with Gasteiger partial charge in [-0.2, -0.15) is 0 Å². The van der Waals surface area contributed by atoms with Gasteiger partial charge in [-0.3, -0.25) is 9.89 Å². The number of aliphatic imine (C=N–C) groups is 1. The van der Waals surface area contributed by atoms with Gasteiger partial charge in [0, 0.05) is 39.3 Å². The zero-order valence-corrected chi connectivity index (χ0v) is 18.7. The number of guanidine groups is 1. The number of hydrogen-bond donors (Lipinski definition) is 2. The highest BCUT2D eigenvalue weighted by molar-refractivity contribution is 5.80. The average Bonchev–Trinajstić information content (AvgIpc) is 3.26. The SMILES string of the molecule is CCCN1CCC(NC(=NC)NCc2ccccc2CN(C)Cc2ccco2)CC1. The molecule has 0 saturated carbocycles. The molecule has 6 nitrogen and oxygen atoms in total. The first kappa shape index (κ1) is 22.4. The molecule has 1 aliphatic heterocycles. The van der Waals surface area contributed by atoms with E-state index in [-0.39, 0.29) is 0 Å². The lowest BCUT2D eigenvalue weighted by Gasteiger charge is -2.32. The Kier molecular flexibility index (Phi) is 8.78. The molecule has 164 valence electrons. The number of rotatable bonds is 9. The summed E-state index contributed by atoms with van der Waals surface area (Å²) in [5.74, 6) is 1.88. The van der Waals surface area contributed by atoms with Crippen molar-refractivity contribution in [3.8, 4) is 0 Å². The molecule has 0 bridgehead atoms. The second-order valence-electron chi connectivity index (χ2n) is 8.21. The van der Waals surface area contributed by atoms with Crippen LogP contribution in [0.1, 0.15) is 43.1 Å². The summed E-state index contributed by atoms with van der Waals surface area (Å²) in [6.07, 6.45) is 5.31. The summed E-state index contributed by atoms with van der Waals surface area (Å²) < 4.78 is 5.48. The standard InChI is InChI=1S/C24H37N5O/c1-4-13-29-14-11-22(12-15-29)27-24(25-2)26-17-20-8-5-6-9-21(20)18-28(3)19-23-10-7-16-30-23/h5-10,16,22H,4,11-15,17-19H2,1-3H3,(H2,25,26,27). The third-order valence-electron chi connectivity index (χ3n) is 5.70. The summed E-state index contributed by atoms with van der Waals surface area (Å²) in [6.45, 7) is 8.25. The summed E-state index contributed by atoms with van der Waals surface area (Å²) in [5, 5.41) is 7.13. The number of furan rings is 1. The van der Waals surface area contributed by atoms with Crippen LogP contribution in [0.5, 0.6) is 0 Å². The maximum absolute atomic E-state index is 5.48. The monoisotopic (exact) mass is 411 g/mol. The topological polar surface area (TPSA) is 56.0 Å². The Morgan fingerprint density at radius 2 is 1.90 bits per heavy atom. The van der Waals surface area contributed by atoms with Crippen LogP contribution in [0.15, 0.2) is 52.1 Å². The molecule has 1 aliphatic rings. The number of piperidine rings is 1. The average molecular weight is 412 g/mol. The van der Waals surface area contributed by atoms with Gasteiger partial charge in [0.25, 0.3) is 0 Å². The molecule has 2 N–H and O–H groups in total. The fraction of sp³-hybridized carbons (Fsp3) is 0.542. The van der Waals surface area contributed by atoms with Gasteiger partial charge in [-0.15, -0.1) is 0 Å². The number of nitrogens with zero attached hydrogens (tertiary/aromatic N) is 3. The van der Waals surface area contributed by atoms with Gasteiger partial charge in [0.1, 0.15) is 5.76 Å². The molecule has 1 fully saturated rings. The molecule has 0 aliphatic carbocycles. The van der Waals surface area contributed by atoms with Crippen molar-refractivity contribution in [2.24, 2.45) is 4.99 Å². The third kappa shape index (κ3) is 6.89. The normalized spacial score (nSPS) is 16.2. The van der Waals surface area contributed by atoms with Crippen molar-refractivity contribution in [3.63, 3.8) is 0 Å². The molecule has 0 amide bonds. The van der Waals surface area contributed by atoms with Crippen LogP contribution in [0.2, 0.25) is 0 Å². The fourth-order valence-electron chi connectivity index (χ4n) is 4.08. The molecule has 6 heteroatoms. The Balaban J connectivity index is 1.49. The number of benzene rings is 1. The summed E-state index contributed by atoms with van der Waals surface area (Å²) >= 11 is 0. The van der Waals surface area contributed by atoms with Crippen LogP contribution in [0.25, 0.3) is 0 Å². The second-order valence-corrected chi connectivity index (χ2v) is 8.21. The second kappa shape index (κ2) is 11.8. The van der Waals surface area contributed by atoms with Crippen LogP contribution in [0, 0.1) is 0 Å². The van der Waals surface area contributed by atoms with Crippen molar-refractivity contribution in [2.75, 3.05) is 33.7 Å². The van der Waals surface area contributed by atoms with Crippen LogP contribution < -0.4 is 10.6 Å². The molecule has 1 saturated heterocycles. The van der Waals surface area contributed by atoms with Crippen LogP contribution in [-0.2, 0) is 19.6 Å². The smallest absolute Gasteiger partial charge is 0.191 e. The minimum Gasteiger partial charge on any atom is -0.468 e. The molecular formula is C24H37N5O. The van der Waals surface area contributed by atoms with E-state index in [0.717, 1.165) is 31.4 Å². The Bertz CT molecular complexity index is 766. The van der Waals surface area contributed by atoms with E-state index in [1.807, 2.05) is 19.2 Å². The van der Waals surface area contributed by atoms with Gasteiger partial charge in [-0.25, -0.2) is 0 Å². The molecule has 0 unspecified atom stereocenters. The highest BCUT2D eigenvalue weighted by atomic mass is 16.3. The highest BCUT2D eigenvalue weighted by Gasteiger charge is 2.19. The van der Waals surface area contributed by atoms with Crippen LogP contribution in [0.4, 0.5) is 0 Å². The third-order valence-corrected chi connectivity index (χ3v) is 5.70. The number of nitrogens with one attached hydrogen (secondary N) is 2. The molecule has 0 atom stereocenters. The van der Waals surface area contributed by atoms with Crippen molar-refractivity contribution in [2.45, 2.75) is 51.9 Å². The minimum absolute atomic E-state index is 0.499. The lowest BCUT2D eigenvalue weighted by Crippen LogP contribution is -2.48. The van der Waals surface area contributed by atoms with Crippen molar-refractivity contribution < 1.29 is 4.42 Å². The van der Waals surface area contributed by atoms with Gasteiger partial charge < -0.3 is 20.0 Å². The molecule has 0 spiro atoms. The fourth-order valence-corrected chi connectivity index (χ4v) is 4.08. The molecule has 2 heterocycles. The Labute approximate surface area is 181 Å². The Morgan fingerprint density at radius 3 is 2.57 bits per heavy atom. The largest absolute Gasteiger partial charge is 0.468 e. The van der Waals surface area contributed by atoms with E-state index in [2.05, 4.69) is 63.7 Å². The van der Waals surface area contributed by atoms with Crippen LogP contribution >= 0.6 is 0 Å². The number of likely N-dealkylation sites (tertiary alicyclic amines) is 1. The molecule has 1 aromatic heterocycles. The molecular weight excluding hydrogens is 374 g/mol. The summed E-state index contributed by atoms with van der Waals surface area (Å²) in [6, 6.07) is 13.1. The van der Waals surface area contributed by atoms with E-state index < -0.39 is 0 Å². The first-order chi connectivity index (χ1) is 14.7. The number of hydrogen-bond acceptors (Lipinski definition) is 4. The summed E-state index contributed by atoms with van der Waals surface area (Å²) in [5.41, 5.74) is 2.62. The Hall–Kier alpha value is -2.31. The van der Waals surface area contributed by atoms with Crippen molar-refractivity contribution in [1.82, 2.24) is 20.4 Å². The van der Waals surface area contributed by atoms with Gasteiger partial charge >= 0.3 is 0 Å². The van der Waals surface area contributed by atoms with Gasteiger partial charge in [0.05, 0.1) is 12.8 Å². The molecule has 0 radical (unpaired) electrons. The Morgan fingerprint density at radius 1 is 1.13 bits per heavy atom. The maximum Gasteiger partial charge on any atom is 0.191 e. The van der Waals surface area contributed by atoms with E-state index in [1.165, 1.54) is 50.0 Å². The van der Waals surface area contributed by atoms with E-state index in [1.54, 1.807) is 6.26 Å². The van der Waals surface area contributed by atoms with Gasteiger partial charge in [0.2, 0.25) is 0 Å². The lowest BCUT2D eigenvalue weighted by molar-refractivity contribution is 0.206. The van der Waals surface area contributed by atoms with E-state index in [4.69, 9.17) is 4.42 Å². The first-order valence-electron chi connectivity index (χ1n) is 11.1. The van der Waals surface area contributed by atoms with Crippen molar-refractivity contribution >= 4 is 5.96 Å². The van der Waals surface area contributed by atoms with Crippen LogP contribution in [-0.4, -0.2) is 55.5 Å². The summed E-state index contributed by atoms with van der Waals surface area (Å²) in [7, 11) is 3.97. The van der Waals surface area contributed by atoms with Gasteiger partial charge in [-0.05, 0) is 56.1 Å². The molecule has 1 aromatic carbocycles. The highest BCUT2D eigenvalue weighted by Crippen LogP contribution is 2.14. The van der Waals surface area contributed by atoms with E-state index in [9.17, 15) is 0 Å². The molecule has 3 rings (SSSR count). The first-order valence-corrected chi connectivity index (χ1v) is 11.1. The zero-order chi connectivity index (χ0) is 21.2. The maximum atomic E-state index is 5.48. The van der Waals surface area contributed by atoms with Crippen molar-refractivity contribution in [3.05, 3.63) is 59.5 Å². The lowest BCUT2D eigenvalue weighted by atomic mass is 10.0. The molecule has 30 heavy (non-hydrogen) atoms. The quantitative estimate of drug-likeness (QED) is 0.489.